The summed E-state index contributed by atoms with van der Waals surface area (Å²) in [5.41, 5.74) is 1.54. The third-order valence-electron chi connectivity index (χ3n) is 4.62. The van der Waals surface area contributed by atoms with Crippen LogP contribution in [0.25, 0.3) is 0 Å². The SMILES string of the molecule is Cc1nn(C(C)(C)C)cc1C(C)Nc1ccc(S(=O)(=O)Nc2cc(F)cc(F)c2)cn1. The minimum atomic E-state index is -4.05. The van der Waals surface area contributed by atoms with Gasteiger partial charge < -0.3 is 5.32 Å². The molecule has 0 saturated heterocycles. The Morgan fingerprint density at radius 3 is 2.26 bits per heavy atom. The van der Waals surface area contributed by atoms with E-state index < -0.39 is 21.7 Å². The molecule has 3 rings (SSSR count). The Hall–Kier alpha value is -3.01. The first-order chi connectivity index (χ1) is 14.3. The Labute approximate surface area is 180 Å². The number of rotatable bonds is 6. The number of pyridine rings is 1. The second kappa shape index (κ2) is 8.26. The summed E-state index contributed by atoms with van der Waals surface area (Å²) < 4.78 is 55.7. The van der Waals surface area contributed by atoms with Crippen molar-refractivity contribution in [1.82, 2.24) is 14.8 Å². The lowest BCUT2D eigenvalue weighted by molar-refractivity contribution is 0.354. The summed E-state index contributed by atoms with van der Waals surface area (Å²) in [6.45, 7) is 10.1. The summed E-state index contributed by atoms with van der Waals surface area (Å²) in [5, 5.41) is 7.79. The molecule has 31 heavy (non-hydrogen) atoms. The highest BCUT2D eigenvalue weighted by molar-refractivity contribution is 7.92. The molecule has 0 amide bonds. The number of anilines is 2. The minimum absolute atomic E-state index is 0.112. The Balaban J connectivity index is 1.74. The van der Waals surface area contributed by atoms with Crippen molar-refractivity contribution in [2.45, 2.75) is 51.1 Å². The van der Waals surface area contributed by atoms with Crippen molar-refractivity contribution in [2.75, 3.05) is 10.0 Å². The number of nitrogens with one attached hydrogen (secondary N) is 2. The minimum Gasteiger partial charge on any atom is -0.363 e. The van der Waals surface area contributed by atoms with Crippen LogP contribution in [0.2, 0.25) is 0 Å². The van der Waals surface area contributed by atoms with Crippen LogP contribution in [-0.2, 0) is 15.6 Å². The fourth-order valence-corrected chi connectivity index (χ4v) is 3.98. The van der Waals surface area contributed by atoms with Gasteiger partial charge in [0.1, 0.15) is 22.3 Å². The fraction of sp³-hybridized carbons (Fsp3) is 0.333. The van der Waals surface area contributed by atoms with Gasteiger partial charge in [0.25, 0.3) is 10.0 Å². The van der Waals surface area contributed by atoms with Gasteiger partial charge in [0.2, 0.25) is 0 Å². The van der Waals surface area contributed by atoms with Gasteiger partial charge in [0, 0.05) is 24.0 Å². The highest BCUT2D eigenvalue weighted by Gasteiger charge is 2.20. The van der Waals surface area contributed by atoms with Crippen molar-refractivity contribution in [1.29, 1.82) is 0 Å². The first-order valence-corrected chi connectivity index (χ1v) is 11.1. The van der Waals surface area contributed by atoms with E-state index >= 15 is 0 Å². The van der Waals surface area contributed by atoms with Crippen LogP contribution >= 0.6 is 0 Å². The predicted octanol–water partition coefficient (Wildman–Crippen LogP) is 4.59. The van der Waals surface area contributed by atoms with Crippen molar-refractivity contribution in [3.05, 3.63) is 65.6 Å². The first-order valence-electron chi connectivity index (χ1n) is 9.63. The number of nitrogens with zero attached hydrogens (tertiary/aromatic N) is 3. The van der Waals surface area contributed by atoms with E-state index in [1.165, 1.54) is 18.3 Å². The van der Waals surface area contributed by atoms with Gasteiger partial charge in [-0.1, -0.05) is 0 Å². The molecule has 2 aromatic heterocycles. The molecule has 2 N–H and O–H groups in total. The Bertz CT molecular complexity index is 1170. The molecule has 10 heteroatoms. The lowest BCUT2D eigenvalue weighted by atomic mass is 10.1. The van der Waals surface area contributed by atoms with Crippen LogP contribution in [0, 0.1) is 18.6 Å². The summed E-state index contributed by atoms with van der Waals surface area (Å²) in [7, 11) is -4.05. The summed E-state index contributed by atoms with van der Waals surface area (Å²) >= 11 is 0. The molecule has 1 atom stereocenters. The van der Waals surface area contributed by atoms with Crippen LogP contribution in [0.4, 0.5) is 20.3 Å². The lowest BCUT2D eigenvalue weighted by Crippen LogP contribution is -2.22. The monoisotopic (exact) mass is 449 g/mol. The maximum absolute atomic E-state index is 13.3. The van der Waals surface area contributed by atoms with Crippen molar-refractivity contribution in [2.24, 2.45) is 0 Å². The molecule has 166 valence electrons. The van der Waals surface area contributed by atoms with Crippen molar-refractivity contribution >= 4 is 21.5 Å². The second-order valence-electron chi connectivity index (χ2n) is 8.29. The number of aryl methyl sites for hydroxylation is 1. The highest BCUT2D eigenvalue weighted by atomic mass is 32.2. The van der Waals surface area contributed by atoms with E-state index in [0.717, 1.165) is 23.4 Å². The van der Waals surface area contributed by atoms with Gasteiger partial charge in [0.15, 0.2) is 0 Å². The zero-order chi connectivity index (χ0) is 23.0. The number of halogens is 2. The molecule has 0 spiro atoms. The zero-order valence-electron chi connectivity index (χ0n) is 17.9. The quantitative estimate of drug-likeness (QED) is 0.574. The van der Waals surface area contributed by atoms with E-state index in [1.807, 2.05) is 24.7 Å². The van der Waals surface area contributed by atoms with Crippen LogP contribution in [0.5, 0.6) is 0 Å². The van der Waals surface area contributed by atoms with Crippen LogP contribution in [0.3, 0.4) is 0 Å². The maximum atomic E-state index is 13.3. The number of aromatic nitrogens is 3. The van der Waals surface area contributed by atoms with E-state index in [9.17, 15) is 17.2 Å². The van der Waals surface area contributed by atoms with Gasteiger partial charge in [-0.25, -0.2) is 22.2 Å². The largest absolute Gasteiger partial charge is 0.363 e. The van der Waals surface area contributed by atoms with E-state index in [1.54, 1.807) is 0 Å². The van der Waals surface area contributed by atoms with Gasteiger partial charge in [0.05, 0.1) is 23.0 Å². The lowest BCUT2D eigenvalue weighted by Gasteiger charge is -2.19. The molecule has 7 nitrogen and oxygen atoms in total. The van der Waals surface area contributed by atoms with E-state index in [2.05, 4.69) is 40.9 Å². The molecule has 0 aliphatic heterocycles. The van der Waals surface area contributed by atoms with Gasteiger partial charge in [-0.3, -0.25) is 9.40 Å². The molecular formula is C21H25F2N5O2S. The average molecular weight is 450 g/mol. The van der Waals surface area contributed by atoms with Gasteiger partial charge in [-0.05, 0) is 58.9 Å². The highest BCUT2D eigenvalue weighted by Crippen LogP contribution is 2.24. The molecule has 0 saturated carbocycles. The molecule has 1 aromatic carbocycles. The Morgan fingerprint density at radius 2 is 1.74 bits per heavy atom. The summed E-state index contributed by atoms with van der Waals surface area (Å²) in [6, 6.07) is 5.23. The molecule has 0 fully saturated rings. The van der Waals surface area contributed by atoms with E-state index in [-0.39, 0.29) is 22.2 Å². The van der Waals surface area contributed by atoms with E-state index in [4.69, 9.17) is 0 Å². The molecule has 3 aromatic rings. The van der Waals surface area contributed by atoms with Crippen LogP contribution in [-0.4, -0.2) is 23.2 Å². The molecule has 0 aliphatic carbocycles. The maximum Gasteiger partial charge on any atom is 0.263 e. The third-order valence-corrected chi connectivity index (χ3v) is 5.98. The van der Waals surface area contributed by atoms with Gasteiger partial charge in [-0.15, -0.1) is 0 Å². The first kappa shape index (κ1) is 22.7. The van der Waals surface area contributed by atoms with Crippen molar-refractivity contribution < 1.29 is 17.2 Å². The summed E-state index contributed by atoms with van der Waals surface area (Å²) in [6.07, 6.45) is 3.16. The number of benzene rings is 1. The molecule has 0 bridgehead atoms. The topological polar surface area (TPSA) is 88.9 Å². The smallest absolute Gasteiger partial charge is 0.263 e. The fourth-order valence-electron chi connectivity index (χ4n) is 2.99. The molecule has 0 aliphatic rings. The summed E-state index contributed by atoms with van der Waals surface area (Å²) in [4.78, 5) is 4.03. The Kier molecular flexibility index (Phi) is 6.04. The normalized spacial score (nSPS) is 13.1. The van der Waals surface area contributed by atoms with Crippen LogP contribution in [0.15, 0.2) is 47.6 Å². The Morgan fingerprint density at radius 1 is 1.10 bits per heavy atom. The van der Waals surface area contributed by atoms with Crippen molar-refractivity contribution in [3.8, 4) is 0 Å². The van der Waals surface area contributed by atoms with Gasteiger partial charge in [-0.2, -0.15) is 5.10 Å². The molecule has 2 heterocycles. The molecule has 1 unspecified atom stereocenters. The van der Waals surface area contributed by atoms with Crippen LogP contribution < -0.4 is 10.0 Å². The van der Waals surface area contributed by atoms with Gasteiger partial charge >= 0.3 is 0 Å². The van der Waals surface area contributed by atoms with E-state index in [0.29, 0.717) is 11.9 Å². The zero-order valence-corrected chi connectivity index (χ0v) is 18.8. The van der Waals surface area contributed by atoms with Crippen molar-refractivity contribution in [3.63, 3.8) is 0 Å². The third kappa shape index (κ3) is 5.38. The van der Waals surface area contributed by atoms with Crippen LogP contribution in [0.1, 0.15) is 45.0 Å². The number of hydrogen-bond acceptors (Lipinski definition) is 5. The standard InChI is InChI=1S/C21H25F2N5O2S/c1-13(19-12-28(21(3,4)5)26-14(19)2)25-20-7-6-18(11-24-20)31(29,30)27-17-9-15(22)8-16(23)10-17/h6-13,27H,1-5H3,(H,24,25). The molecule has 0 radical (unpaired) electrons. The number of hydrogen-bond donors (Lipinski definition) is 2. The predicted molar refractivity (Wildman–Crippen MR) is 115 cm³/mol. The second-order valence-corrected chi connectivity index (χ2v) is 9.98. The number of sulfonamides is 1. The average Bonchev–Trinajstić information content (AvgIpc) is 3.03. The molecular weight excluding hydrogens is 424 g/mol. The summed E-state index contributed by atoms with van der Waals surface area (Å²) in [5.74, 6) is -1.28.